The van der Waals surface area contributed by atoms with Gasteiger partial charge in [0.15, 0.2) is 0 Å². The molecule has 0 aromatic carbocycles. The van der Waals surface area contributed by atoms with Gasteiger partial charge in [0, 0.05) is 12.3 Å². The predicted molar refractivity (Wildman–Crippen MR) is 151 cm³/mol. The van der Waals surface area contributed by atoms with E-state index < -0.39 is 0 Å². The van der Waals surface area contributed by atoms with E-state index >= 15 is 0 Å². The Hall–Kier alpha value is -1.31. The van der Waals surface area contributed by atoms with Crippen LogP contribution in [0.4, 0.5) is 0 Å². The molecule has 1 unspecified atom stereocenters. The first kappa shape index (κ1) is 29.9. The van der Waals surface area contributed by atoms with Gasteiger partial charge in [0.05, 0.1) is 6.61 Å². The first-order valence-corrected chi connectivity index (χ1v) is 14.9. The van der Waals surface area contributed by atoms with Gasteiger partial charge >= 0.3 is 5.97 Å². The first-order valence-electron chi connectivity index (χ1n) is 14.9. The van der Waals surface area contributed by atoms with E-state index in [-0.39, 0.29) is 11.4 Å². The second-order valence-corrected chi connectivity index (χ2v) is 12.3. The quantitative estimate of drug-likeness (QED) is 0.124. The topological polar surface area (TPSA) is 26.3 Å². The van der Waals surface area contributed by atoms with Crippen LogP contribution in [0, 0.1) is 22.7 Å². The Morgan fingerprint density at radius 1 is 0.943 bits per heavy atom. The molecule has 200 valence electrons. The number of hydrogen-bond acceptors (Lipinski definition) is 2. The van der Waals surface area contributed by atoms with Crippen LogP contribution in [0.2, 0.25) is 0 Å². The summed E-state index contributed by atoms with van der Waals surface area (Å²) in [6, 6.07) is 0. The molecule has 3 atom stereocenters. The average Bonchev–Trinajstić information content (AvgIpc) is 2.80. The highest BCUT2D eigenvalue weighted by molar-refractivity contribution is 5.69. The highest BCUT2D eigenvalue weighted by Crippen LogP contribution is 2.59. The number of rotatable bonds is 16. The summed E-state index contributed by atoms with van der Waals surface area (Å²) in [5.74, 6) is 1.08. The summed E-state index contributed by atoms with van der Waals surface area (Å²) < 4.78 is 5.86. The van der Waals surface area contributed by atoms with Gasteiger partial charge in [-0.3, -0.25) is 4.79 Å². The van der Waals surface area contributed by atoms with Crippen molar-refractivity contribution in [2.24, 2.45) is 22.7 Å². The van der Waals surface area contributed by atoms with Crippen molar-refractivity contribution in [3.63, 3.8) is 0 Å². The highest BCUT2D eigenvalue weighted by atomic mass is 16.5. The molecule has 0 radical (unpaired) electrons. The Labute approximate surface area is 218 Å². The van der Waals surface area contributed by atoms with Crippen LogP contribution in [-0.2, 0) is 9.53 Å². The summed E-state index contributed by atoms with van der Waals surface area (Å²) in [5, 5.41) is 0. The zero-order valence-electron chi connectivity index (χ0n) is 23.9. The average molecular weight is 485 g/mol. The lowest BCUT2D eigenvalue weighted by Gasteiger charge is -2.56. The number of unbranched alkanes of at least 4 members (excludes halogenated alkanes) is 8. The molecule has 0 bridgehead atoms. The Kier molecular flexibility index (Phi) is 13.4. The SMILES string of the molecule is CCCCCC=CCC=CCCCCCCCC(=O)OC[C@H]1C(C)=CCC2C(C)(C)CCC[C@@]21C. The minimum Gasteiger partial charge on any atom is -0.465 e. The number of hydrogen-bond donors (Lipinski definition) is 0. The first-order chi connectivity index (χ1) is 16.8. The van der Waals surface area contributed by atoms with E-state index in [0.29, 0.717) is 30.3 Å². The number of allylic oxidation sites excluding steroid dienone is 5. The van der Waals surface area contributed by atoms with Gasteiger partial charge in [-0.1, -0.05) is 102 Å². The van der Waals surface area contributed by atoms with Crippen molar-refractivity contribution < 1.29 is 9.53 Å². The Morgan fingerprint density at radius 2 is 1.60 bits per heavy atom. The summed E-state index contributed by atoms with van der Waals surface area (Å²) in [6.45, 7) is 12.4. The minimum absolute atomic E-state index is 0.00396. The van der Waals surface area contributed by atoms with Crippen LogP contribution >= 0.6 is 0 Å². The molecule has 0 N–H and O–H groups in total. The van der Waals surface area contributed by atoms with Gasteiger partial charge in [-0.05, 0) is 81.5 Å². The molecule has 0 spiro atoms. The molecule has 0 heterocycles. The van der Waals surface area contributed by atoms with Crippen LogP contribution < -0.4 is 0 Å². The van der Waals surface area contributed by atoms with Gasteiger partial charge in [0.25, 0.3) is 0 Å². The fourth-order valence-electron chi connectivity index (χ4n) is 6.79. The van der Waals surface area contributed by atoms with Gasteiger partial charge in [-0.2, -0.15) is 0 Å². The summed E-state index contributed by atoms with van der Waals surface area (Å²) in [5.41, 5.74) is 2.08. The second-order valence-electron chi connectivity index (χ2n) is 12.3. The molecule has 2 heteroatoms. The largest absolute Gasteiger partial charge is 0.465 e. The lowest BCUT2D eigenvalue weighted by atomic mass is 9.49. The molecule has 2 rings (SSSR count). The number of fused-ring (bicyclic) bond motifs is 1. The van der Waals surface area contributed by atoms with Gasteiger partial charge in [-0.25, -0.2) is 0 Å². The molecular formula is C33H56O2. The smallest absolute Gasteiger partial charge is 0.305 e. The van der Waals surface area contributed by atoms with Crippen molar-refractivity contribution in [2.45, 2.75) is 137 Å². The summed E-state index contributed by atoms with van der Waals surface area (Å²) in [7, 11) is 0. The lowest BCUT2D eigenvalue weighted by molar-refractivity contribution is -0.148. The Balaban J connectivity index is 1.54. The van der Waals surface area contributed by atoms with E-state index in [1.807, 2.05) is 0 Å². The van der Waals surface area contributed by atoms with Gasteiger partial charge in [-0.15, -0.1) is 0 Å². The minimum atomic E-state index is 0.00396. The van der Waals surface area contributed by atoms with Crippen LogP contribution in [0.3, 0.4) is 0 Å². The molecule has 2 aliphatic carbocycles. The third-order valence-electron chi connectivity index (χ3n) is 9.04. The van der Waals surface area contributed by atoms with E-state index in [1.165, 1.54) is 82.6 Å². The van der Waals surface area contributed by atoms with E-state index in [0.717, 1.165) is 19.3 Å². The number of esters is 1. The summed E-state index contributed by atoms with van der Waals surface area (Å²) in [4.78, 5) is 12.5. The molecule has 0 aromatic rings. The van der Waals surface area contributed by atoms with E-state index in [4.69, 9.17) is 4.74 Å². The fourth-order valence-corrected chi connectivity index (χ4v) is 6.79. The molecule has 2 aliphatic rings. The van der Waals surface area contributed by atoms with E-state index in [2.05, 4.69) is 65.0 Å². The predicted octanol–water partition coefficient (Wildman–Crippen LogP) is 10.1. The Morgan fingerprint density at radius 3 is 2.31 bits per heavy atom. The van der Waals surface area contributed by atoms with Crippen molar-refractivity contribution in [3.05, 3.63) is 36.0 Å². The molecule has 2 nitrogen and oxygen atoms in total. The third-order valence-corrected chi connectivity index (χ3v) is 9.04. The molecule has 0 aliphatic heterocycles. The maximum Gasteiger partial charge on any atom is 0.305 e. The van der Waals surface area contributed by atoms with Crippen LogP contribution in [-0.4, -0.2) is 12.6 Å². The highest BCUT2D eigenvalue weighted by Gasteiger charge is 2.52. The van der Waals surface area contributed by atoms with Crippen LogP contribution in [0.1, 0.15) is 137 Å². The molecule has 0 aromatic heterocycles. The molecular weight excluding hydrogens is 428 g/mol. The third kappa shape index (κ3) is 9.93. The van der Waals surface area contributed by atoms with E-state index in [1.54, 1.807) is 0 Å². The summed E-state index contributed by atoms with van der Waals surface area (Å²) >= 11 is 0. The van der Waals surface area contributed by atoms with Crippen molar-refractivity contribution in [1.82, 2.24) is 0 Å². The van der Waals surface area contributed by atoms with Crippen LogP contribution in [0.5, 0.6) is 0 Å². The molecule has 0 amide bonds. The maximum atomic E-state index is 12.5. The normalized spacial score (nSPS) is 26.1. The lowest BCUT2D eigenvalue weighted by Crippen LogP contribution is -2.49. The van der Waals surface area contributed by atoms with Crippen LogP contribution in [0.15, 0.2) is 36.0 Å². The standard InChI is InChI=1S/C33H56O2/c1-6-7-8-9-10-11-12-13-14-15-16-17-18-19-20-22-31(34)35-27-29-28(2)23-24-30-32(3,4)25-21-26-33(29,30)5/h10-11,13-14,23,29-30H,6-9,12,15-22,24-27H2,1-5H3/t29-,30?,33+/m0/s1. The van der Waals surface area contributed by atoms with Crippen molar-refractivity contribution >= 4 is 5.97 Å². The van der Waals surface area contributed by atoms with Crippen molar-refractivity contribution in [3.8, 4) is 0 Å². The van der Waals surface area contributed by atoms with Crippen molar-refractivity contribution in [2.75, 3.05) is 6.61 Å². The maximum absolute atomic E-state index is 12.5. The second kappa shape index (κ2) is 15.7. The summed E-state index contributed by atoms with van der Waals surface area (Å²) in [6.07, 6.45) is 30.6. The molecule has 35 heavy (non-hydrogen) atoms. The zero-order chi connectivity index (χ0) is 25.6. The molecule has 1 saturated carbocycles. The zero-order valence-corrected chi connectivity index (χ0v) is 23.9. The molecule has 0 saturated heterocycles. The van der Waals surface area contributed by atoms with Gasteiger partial charge in [0.1, 0.15) is 0 Å². The van der Waals surface area contributed by atoms with Crippen LogP contribution in [0.25, 0.3) is 0 Å². The Bertz CT molecular complexity index is 698. The fraction of sp³-hybridized carbons (Fsp3) is 0.788. The number of carbonyl (C=O) groups is 1. The number of carbonyl (C=O) groups excluding carboxylic acids is 1. The van der Waals surface area contributed by atoms with Gasteiger partial charge < -0.3 is 4.74 Å². The number of ether oxygens (including phenoxy) is 1. The monoisotopic (exact) mass is 484 g/mol. The van der Waals surface area contributed by atoms with Crippen molar-refractivity contribution in [1.29, 1.82) is 0 Å². The van der Waals surface area contributed by atoms with E-state index in [9.17, 15) is 4.79 Å². The van der Waals surface area contributed by atoms with Gasteiger partial charge in [0.2, 0.25) is 0 Å². The molecule has 1 fully saturated rings.